The molecule has 0 amide bonds. The van der Waals surface area contributed by atoms with Gasteiger partial charge in [-0.05, 0) is 6.92 Å². The van der Waals surface area contributed by atoms with Crippen molar-refractivity contribution in [1.82, 2.24) is 0 Å². The van der Waals surface area contributed by atoms with E-state index in [0.29, 0.717) is 0 Å². The van der Waals surface area contributed by atoms with Crippen LogP contribution in [0.4, 0.5) is 4.39 Å². The lowest BCUT2D eigenvalue weighted by Crippen LogP contribution is -2.04. The summed E-state index contributed by atoms with van der Waals surface area (Å²) in [6, 6.07) is 0.888. The van der Waals surface area contributed by atoms with Crippen LogP contribution in [0.3, 0.4) is 0 Å². The van der Waals surface area contributed by atoms with Crippen molar-refractivity contribution in [3.05, 3.63) is 23.9 Å². The summed E-state index contributed by atoms with van der Waals surface area (Å²) >= 11 is 0. The molecular formula is C6H8FNO. The lowest BCUT2D eigenvalue weighted by atomic mass is 10.3. The second-order valence-electron chi connectivity index (χ2n) is 1.92. The van der Waals surface area contributed by atoms with Crippen molar-refractivity contribution < 1.29 is 8.81 Å². The Balaban J connectivity index is 2.94. The molecule has 0 aliphatic rings. The minimum absolute atomic E-state index is 0.218. The van der Waals surface area contributed by atoms with E-state index in [2.05, 4.69) is 0 Å². The summed E-state index contributed by atoms with van der Waals surface area (Å²) in [6.07, 6.45) is 1.29. The zero-order chi connectivity index (χ0) is 6.85. The maximum atomic E-state index is 12.4. The van der Waals surface area contributed by atoms with Crippen LogP contribution in [-0.4, -0.2) is 0 Å². The Morgan fingerprint density at radius 2 is 2.44 bits per heavy atom. The topological polar surface area (TPSA) is 39.2 Å². The maximum Gasteiger partial charge on any atom is 0.166 e. The SMILES string of the molecule is C[C@@H](N)c1occc1F. The third-order valence-corrected chi connectivity index (χ3v) is 1.06. The third-order valence-electron chi connectivity index (χ3n) is 1.06. The monoisotopic (exact) mass is 129 g/mol. The molecule has 0 spiro atoms. The van der Waals surface area contributed by atoms with Crippen LogP contribution in [0.1, 0.15) is 18.7 Å². The van der Waals surface area contributed by atoms with E-state index in [1.165, 1.54) is 12.3 Å². The average molecular weight is 129 g/mol. The molecule has 1 aromatic rings. The lowest BCUT2D eigenvalue weighted by molar-refractivity contribution is 0.445. The number of hydrogen-bond donors (Lipinski definition) is 1. The molecule has 0 bridgehead atoms. The summed E-state index contributed by atoms with van der Waals surface area (Å²) in [6.45, 7) is 1.67. The highest BCUT2D eigenvalue weighted by Gasteiger charge is 2.08. The van der Waals surface area contributed by atoms with Gasteiger partial charge in [-0.25, -0.2) is 4.39 Å². The second-order valence-corrected chi connectivity index (χ2v) is 1.92. The van der Waals surface area contributed by atoms with Crippen molar-refractivity contribution in [2.75, 3.05) is 0 Å². The number of nitrogens with two attached hydrogens (primary N) is 1. The highest BCUT2D eigenvalue weighted by Crippen LogP contribution is 2.14. The Morgan fingerprint density at radius 1 is 1.78 bits per heavy atom. The Hall–Kier alpha value is -0.830. The number of furan rings is 1. The smallest absolute Gasteiger partial charge is 0.166 e. The highest BCUT2D eigenvalue weighted by atomic mass is 19.1. The minimum Gasteiger partial charge on any atom is -0.465 e. The zero-order valence-corrected chi connectivity index (χ0v) is 5.10. The van der Waals surface area contributed by atoms with E-state index in [0.717, 1.165) is 0 Å². The first kappa shape index (κ1) is 6.29. The second kappa shape index (κ2) is 2.19. The largest absolute Gasteiger partial charge is 0.465 e. The van der Waals surface area contributed by atoms with E-state index in [1.807, 2.05) is 0 Å². The van der Waals surface area contributed by atoms with Crippen LogP contribution in [0.2, 0.25) is 0 Å². The van der Waals surface area contributed by atoms with Crippen LogP contribution in [0.15, 0.2) is 16.7 Å². The fourth-order valence-corrected chi connectivity index (χ4v) is 0.630. The standard InChI is InChI=1S/C6H8FNO/c1-4(8)6-5(7)2-3-9-6/h2-4H,8H2,1H3/t4-/m1/s1. The van der Waals surface area contributed by atoms with Crippen molar-refractivity contribution >= 4 is 0 Å². The van der Waals surface area contributed by atoms with Crippen LogP contribution >= 0.6 is 0 Å². The Morgan fingerprint density at radius 3 is 2.67 bits per heavy atom. The van der Waals surface area contributed by atoms with Gasteiger partial charge in [-0.2, -0.15) is 0 Å². The summed E-state index contributed by atoms with van der Waals surface area (Å²) in [7, 11) is 0. The number of hydrogen-bond acceptors (Lipinski definition) is 2. The normalized spacial score (nSPS) is 13.7. The van der Waals surface area contributed by atoms with Gasteiger partial charge in [-0.15, -0.1) is 0 Å². The molecule has 1 rings (SSSR count). The molecule has 0 fully saturated rings. The quantitative estimate of drug-likeness (QED) is 0.623. The first-order valence-corrected chi connectivity index (χ1v) is 2.70. The van der Waals surface area contributed by atoms with E-state index >= 15 is 0 Å². The van der Waals surface area contributed by atoms with Crippen LogP contribution in [0, 0.1) is 5.82 Å². The fraction of sp³-hybridized carbons (Fsp3) is 0.333. The van der Waals surface area contributed by atoms with E-state index in [-0.39, 0.29) is 17.6 Å². The molecule has 50 valence electrons. The van der Waals surface area contributed by atoms with Gasteiger partial charge in [-0.1, -0.05) is 0 Å². The molecule has 2 nitrogen and oxygen atoms in total. The average Bonchev–Trinajstić information content (AvgIpc) is 2.13. The van der Waals surface area contributed by atoms with Crippen molar-refractivity contribution in [3.8, 4) is 0 Å². The van der Waals surface area contributed by atoms with E-state index in [1.54, 1.807) is 6.92 Å². The van der Waals surface area contributed by atoms with Gasteiger partial charge in [0.1, 0.15) is 0 Å². The molecule has 0 unspecified atom stereocenters. The van der Waals surface area contributed by atoms with Gasteiger partial charge in [0, 0.05) is 6.07 Å². The Labute approximate surface area is 52.5 Å². The highest BCUT2D eigenvalue weighted by molar-refractivity contribution is 5.05. The van der Waals surface area contributed by atoms with Crippen molar-refractivity contribution in [2.45, 2.75) is 13.0 Å². The van der Waals surface area contributed by atoms with Gasteiger partial charge in [0.05, 0.1) is 12.3 Å². The first-order valence-electron chi connectivity index (χ1n) is 2.70. The summed E-state index contributed by atoms with van der Waals surface area (Å²) in [5.41, 5.74) is 5.33. The van der Waals surface area contributed by atoms with Crippen molar-refractivity contribution in [3.63, 3.8) is 0 Å². The molecule has 0 saturated heterocycles. The lowest BCUT2D eigenvalue weighted by Gasteiger charge is -1.97. The molecule has 3 heteroatoms. The molecule has 1 aromatic heterocycles. The molecule has 1 atom stereocenters. The summed E-state index contributed by atoms with van der Waals surface area (Å²) in [5, 5.41) is 0. The van der Waals surface area contributed by atoms with E-state index < -0.39 is 0 Å². The summed E-state index contributed by atoms with van der Waals surface area (Å²) in [4.78, 5) is 0. The van der Waals surface area contributed by atoms with Gasteiger partial charge in [0.15, 0.2) is 11.6 Å². The van der Waals surface area contributed by atoms with Gasteiger partial charge in [-0.3, -0.25) is 0 Å². The van der Waals surface area contributed by atoms with Crippen molar-refractivity contribution in [1.29, 1.82) is 0 Å². The van der Waals surface area contributed by atoms with Crippen LogP contribution < -0.4 is 5.73 Å². The van der Waals surface area contributed by atoms with Crippen LogP contribution in [0.5, 0.6) is 0 Å². The minimum atomic E-state index is -0.370. The molecular weight excluding hydrogens is 121 g/mol. The van der Waals surface area contributed by atoms with Gasteiger partial charge in [0.2, 0.25) is 0 Å². The van der Waals surface area contributed by atoms with Gasteiger partial charge in [0.25, 0.3) is 0 Å². The van der Waals surface area contributed by atoms with Gasteiger partial charge >= 0.3 is 0 Å². The van der Waals surface area contributed by atoms with Crippen LogP contribution in [-0.2, 0) is 0 Å². The summed E-state index contributed by atoms with van der Waals surface area (Å²) < 4.78 is 17.2. The van der Waals surface area contributed by atoms with Crippen LogP contribution in [0.25, 0.3) is 0 Å². The first-order chi connectivity index (χ1) is 4.22. The predicted octanol–water partition coefficient (Wildman–Crippen LogP) is 1.44. The Bertz CT molecular complexity index is 195. The molecule has 0 aliphatic heterocycles. The maximum absolute atomic E-state index is 12.4. The van der Waals surface area contributed by atoms with E-state index in [4.69, 9.17) is 10.2 Å². The molecule has 0 saturated carbocycles. The molecule has 1 heterocycles. The van der Waals surface area contributed by atoms with Crippen molar-refractivity contribution in [2.24, 2.45) is 5.73 Å². The predicted molar refractivity (Wildman–Crippen MR) is 31.3 cm³/mol. The third kappa shape index (κ3) is 1.10. The molecule has 0 radical (unpaired) electrons. The molecule has 0 aromatic carbocycles. The number of halogens is 1. The molecule has 0 aliphatic carbocycles. The summed E-state index contributed by atoms with van der Waals surface area (Å²) in [5.74, 6) is -0.153. The van der Waals surface area contributed by atoms with E-state index in [9.17, 15) is 4.39 Å². The fourth-order valence-electron chi connectivity index (χ4n) is 0.630. The zero-order valence-electron chi connectivity index (χ0n) is 5.10. The molecule has 9 heavy (non-hydrogen) atoms. The number of rotatable bonds is 1. The Kier molecular flexibility index (Phi) is 1.53. The van der Waals surface area contributed by atoms with Gasteiger partial charge < -0.3 is 10.2 Å². The molecule has 2 N–H and O–H groups in total.